The van der Waals surface area contributed by atoms with Gasteiger partial charge < -0.3 is 9.47 Å². The third-order valence-corrected chi connectivity index (χ3v) is 7.58. The summed E-state index contributed by atoms with van der Waals surface area (Å²) in [5.41, 5.74) is 0.668. The lowest BCUT2D eigenvalue weighted by Crippen LogP contribution is -2.27. The van der Waals surface area contributed by atoms with Crippen molar-refractivity contribution in [2.75, 3.05) is 12.0 Å². The number of amides is 1. The second kappa shape index (κ2) is 11.0. The molecule has 36 heavy (non-hydrogen) atoms. The number of ether oxygens (including phenoxy) is 2. The Labute approximate surface area is 233 Å². The van der Waals surface area contributed by atoms with E-state index in [4.69, 9.17) is 33.3 Å². The van der Waals surface area contributed by atoms with Crippen LogP contribution in [0.4, 0.5) is 18.9 Å². The van der Waals surface area contributed by atoms with Crippen LogP contribution in [0.2, 0.25) is 5.02 Å². The molecule has 0 saturated carbocycles. The van der Waals surface area contributed by atoms with Crippen molar-refractivity contribution in [1.82, 2.24) is 0 Å². The highest BCUT2D eigenvalue weighted by Crippen LogP contribution is 2.40. The first kappa shape index (κ1) is 26.8. The maximum atomic E-state index is 13.1. The molecule has 1 fully saturated rings. The Hall–Kier alpha value is -2.28. The number of methoxy groups -OCH3 is 1. The van der Waals surface area contributed by atoms with E-state index in [1.165, 1.54) is 19.2 Å². The van der Waals surface area contributed by atoms with E-state index in [2.05, 4.69) is 22.6 Å². The van der Waals surface area contributed by atoms with Crippen LogP contribution in [0.5, 0.6) is 11.5 Å². The van der Waals surface area contributed by atoms with Crippen LogP contribution in [0, 0.1) is 3.57 Å². The summed E-state index contributed by atoms with van der Waals surface area (Å²) < 4.78 is 51.8. The number of nitrogens with zero attached hydrogens (tertiary/aromatic N) is 1. The van der Waals surface area contributed by atoms with E-state index in [1.54, 1.807) is 18.2 Å². The second-order valence-electron chi connectivity index (χ2n) is 7.48. The van der Waals surface area contributed by atoms with E-state index in [9.17, 15) is 18.0 Å². The lowest BCUT2D eigenvalue weighted by molar-refractivity contribution is -0.137. The number of hydrogen-bond donors (Lipinski definition) is 0. The molecule has 4 nitrogen and oxygen atoms in total. The zero-order valence-electron chi connectivity index (χ0n) is 18.4. The van der Waals surface area contributed by atoms with Crippen molar-refractivity contribution in [2.24, 2.45) is 0 Å². The lowest BCUT2D eigenvalue weighted by Gasteiger charge is -2.16. The Kier molecular flexibility index (Phi) is 8.18. The molecule has 0 aromatic heterocycles. The molecule has 0 spiro atoms. The van der Waals surface area contributed by atoms with E-state index >= 15 is 0 Å². The van der Waals surface area contributed by atoms with Crippen molar-refractivity contribution in [3.63, 3.8) is 0 Å². The molecule has 1 heterocycles. The van der Waals surface area contributed by atoms with Crippen molar-refractivity contribution in [1.29, 1.82) is 0 Å². The molecule has 4 rings (SSSR count). The van der Waals surface area contributed by atoms with Gasteiger partial charge in [-0.15, -0.1) is 0 Å². The molecule has 0 radical (unpaired) electrons. The summed E-state index contributed by atoms with van der Waals surface area (Å²) in [4.78, 5) is 14.5. The van der Waals surface area contributed by atoms with Gasteiger partial charge in [-0.2, -0.15) is 13.2 Å². The molecule has 0 atom stereocenters. The Bertz CT molecular complexity index is 1380. The molecule has 3 aromatic rings. The molecule has 1 saturated heterocycles. The van der Waals surface area contributed by atoms with Crippen LogP contribution < -0.4 is 14.4 Å². The normalized spacial score (nSPS) is 15.1. The van der Waals surface area contributed by atoms with Gasteiger partial charge in [0.15, 0.2) is 15.8 Å². The quantitative estimate of drug-likeness (QED) is 0.152. The third kappa shape index (κ3) is 5.82. The van der Waals surface area contributed by atoms with Gasteiger partial charge in [0.1, 0.15) is 6.61 Å². The number of halogens is 5. The van der Waals surface area contributed by atoms with Crippen LogP contribution in [0.25, 0.3) is 6.08 Å². The number of hydrogen-bond acceptors (Lipinski definition) is 5. The topological polar surface area (TPSA) is 38.8 Å². The number of rotatable bonds is 6. The number of carbonyl (C=O) groups is 1. The number of alkyl halides is 3. The zero-order valence-corrected chi connectivity index (χ0v) is 23.0. The van der Waals surface area contributed by atoms with E-state index in [0.717, 1.165) is 37.9 Å². The van der Waals surface area contributed by atoms with Gasteiger partial charge in [-0.1, -0.05) is 59.8 Å². The Balaban J connectivity index is 1.59. The van der Waals surface area contributed by atoms with E-state index in [-0.39, 0.29) is 21.5 Å². The van der Waals surface area contributed by atoms with Crippen molar-refractivity contribution in [3.05, 3.63) is 90.9 Å². The minimum atomic E-state index is -4.53. The van der Waals surface area contributed by atoms with Crippen LogP contribution >= 0.6 is 58.2 Å². The number of anilines is 1. The van der Waals surface area contributed by atoms with Gasteiger partial charge in [-0.3, -0.25) is 9.69 Å². The zero-order chi connectivity index (χ0) is 26.0. The number of thiocarbonyl (C=S) groups is 1. The highest BCUT2D eigenvalue weighted by atomic mass is 127. The van der Waals surface area contributed by atoms with Gasteiger partial charge >= 0.3 is 6.18 Å². The summed E-state index contributed by atoms with van der Waals surface area (Å²) in [5, 5.41) is 0.589. The fourth-order valence-corrected chi connectivity index (χ4v) is 5.66. The predicted octanol–water partition coefficient (Wildman–Crippen LogP) is 7.96. The van der Waals surface area contributed by atoms with E-state index in [1.807, 2.05) is 24.3 Å². The van der Waals surface area contributed by atoms with Gasteiger partial charge in [0.05, 0.1) is 26.8 Å². The largest absolute Gasteiger partial charge is 0.493 e. The Morgan fingerprint density at radius 2 is 1.89 bits per heavy atom. The fraction of sp³-hybridized carbons (Fsp3) is 0.120. The SMILES string of the molecule is COc1cc(/C=C2\SC(=S)N(c3cccc(C(F)(F)F)c3)C2=O)cc(I)c1OCc1ccccc1Cl. The summed E-state index contributed by atoms with van der Waals surface area (Å²) in [6.45, 7) is 0.237. The van der Waals surface area contributed by atoms with Crippen molar-refractivity contribution < 1.29 is 27.4 Å². The smallest absolute Gasteiger partial charge is 0.416 e. The summed E-state index contributed by atoms with van der Waals surface area (Å²) in [5.74, 6) is 0.470. The van der Waals surface area contributed by atoms with Crippen LogP contribution in [-0.4, -0.2) is 17.3 Å². The van der Waals surface area contributed by atoms with E-state index in [0.29, 0.717) is 22.1 Å². The average Bonchev–Trinajstić information content (AvgIpc) is 3.11. The highest BCUT2D eigenvalue weighted by Gasteiger charge is 2.36. The molecule has 0 aliphatic carbocycles. The summed E-state index contributed by atoms with van der Waals surface area (Å²) in [6.07, 6.45) is -2.91. The Morgan fingerprint density at radius 1 is 1.14 bits per heavy atom. The first-order chi connectivity index (χ1) is 17.1. The number of carbonyl (C=O) groups excluding carboxylic acids is 1. The molecule has 186 valence electrons. The van der Waals surface area contributed by atoms with Gasteiger partial charge in [0, 0.05) is 10.6 Å². The first-order valence-electron chi connectivity index (χ1n) is 10.3. The van der Waals surface area contributed by atoms with E-state index < -0.39 is 17.6 Å². The fourth-order valence-electron chi connectivity index (χ4n) is 3.39. The maximum absolute atomic E-state index is 13.1. The van der Waals surface area contributed by atoms with Gasteiger partial charge in [-0.25, -0.2) is 0 Å². The molecule has 1 aliphatic rings. The lowest BCUT2D eigenvalue weighted by atomic mass is 10.1. The average molecular weight is 662 g/mol. The van der Waals surface area contributed by atoms with Gasteiger partial charge in [-0.05, 0) is 70.6 Å². The molecular formula is C25H16ClF3INO3S2. The summed E-state index contributed by atoms with van der Waals surface area (Å²) in [6, 6.07) is 15.4. The minimum Gasteiger partial charge on any atom is -0.493 e. The van der Waals surface area contributed by atoms with Crippen LogP contribution in [0.3, 0.4) is 0 Å². The van der Waals surface area contributed by atoms with Gasteiger partial charge in [0.25, 0.3) is 5.91 Å². The highest BCUT2D eigenvalue weighted by molar-refractivity contribution is 14.1. The maximum Gasteiger partial charge on any atom is 0.416 e. The minimum absolute atomic E-state index is 0.0613. The van der Waals surface area contributed by atoms with Crippen molar-refractivity contribution >= 4 is 80.2 Å². The monoisotopic (exact) mass is 661 g/mol. The van der Waals surface area contributed by atoms with Crippen LogP contribution in [0.1, 0.15) is 16.7 Å². The molecular weight excluding hydrogens is 646 g/mol. The standard InChI is InChI=1S/C25H16ClF3INO3S2/c1-33-20-10-14(9-19(30)22(20)34-13-15-5-2-3-8-18(15)26)11-21-23(32)31(24(35)36-21)17-7-4-6-16(12-17)25(27,28)29/h2-12H,13H2,1H3/b21-11-. The summed E-state index contributed by atoms with van der Waals surface area (Å²) >= 11 is 14.6. The predicted molar refractivity (Wildman–Crippen MR) is 149 cm³/mol. The molecule has 0 unspecified atom stereocenters. The molecule has 0 N–H and O–H groups in total. The third-order valence-electron chi connectivity index (χ3n) is 5.10. The Morgan fingerprint density at radius 3 is 2.58 bits per heavy atom. The molecule has 3 aromatic carbocycles. The van der Waals surface area contributed by atoms with Crippen LogP contribution in [-0.2, 0) is 17.6 Å². The van der Waals surface area contributed by atoms with Crippen LogP contribution in [0.15, 0.2) is 65.6 Å². The molecule has 11 heteroatoms. The molecule has 1 amide bonds. The van der Waals surface area contributed by atoms with Crippen molar-refractivity contribution in [2.45, 2.75) is 12.8 Å². The van der Waals surface area contributed by atoms with Crippen molar-refractivity contribution in [3.8, 4) is 11.5 Å². The molecule has 0 bridgehead atoms. The van der Waals surface area contributed by atoms with Gasteiger partial charge in [0.2, 0.25) is 0 Å². The first-order valence-corrected chi connectivity index (χ1v) is 13.0. The summed E-state index contributed by atoms with van der Waals surface area (Å²) in [7, 11) is 1.50. The molecule has 1 aliphatic heterocycles. The second-order valence-corrected chi connectivity index (χ2v) is 10.7. The number of thioether (sulfide) groups is 1. The number of benzene rings is 3.